The van der Waals surface area contributed by atoms with Gasteiger partial charge >= 0.3 is 5.97 Å². The Hall–Kier alpha value is -2.15. The third-order valence-electron chi connectivity index (χ3n) is 3.12. The molecule has 0 N–H and O–H groups in total. The lowest BCUT2D eigenvalue weighted by molar-refractivity contribution is -0.384. The molecule has 0 atom stereocenters. The Morgan fingerprint density at radius 3 is 2.45 bits per heavy atom. The summed E-state index contributed by atoms with van der Waals surface area (Å²) in [7, 11) is 0. The lowest BCUT2D eigenvalue weighted by Crippen LogP contribution is -2.36. The average molecular weight is 308 g/mol. The minimum atomic E-state index is -0.652. The molecule has 1 aromatic carbocycles. The van der Waals surface area contributed by atoms with Gasteiger partial charge < -0.3 is 14.4 Å². The highest BCUT2D eigenvalue weighted by Gasteiger charge is 2.23. The van der Waals surface area contributed by atoms with Crippen molar-refractivity contribution in [2.24, 2.45) is 0 Å². The SMILES string of the molecule is CC(C)(C)OC(=O)c1cc(N2CCOCC2)cc([N+](=O)[O-])c1. The summed E-state index contributed by atoms with van der Waals surface area (Å²) in [5.74, 6) is -0.564. The molecule has 1 aliphatic heterocycles. The predicted molar refractivity (Wildman–Crippen MR) is 81.3 cm³/mol. The van der Waals surface area contributed by atoms with Gasteiger partial charge in [0.05, 0.1) is 23.7 Å². The standard InChI is InChI=1S/C15H20N2O5/c1-15(2,3)22-14(18)11-8-12(10-13(9-11)17(19)20)16-4-6-21-7-5-16/h8-10H,4-7H2,1-3H3. The van der Waals surface area contributed by atoms with E-state index in [1.807, 2.05) is 4.90 Å². The zero-order valence-electron chi connectivity index (χ0n) is 13.0. The summed E-state index contributed by atoms with van der Waals surface area (Å²) < 4.78 is 10.6. The van der Waals surface area contributed by atoms with Crippen LogP contribution in [0, 0.1) is 10.1 Å². The number of non-ortho nitro benzene ring substituents is 1. The molecular formula is C15H20N2O5. The number of ether oxygens (including phenoxy) is 2. The molecule has 7 heteroatoms. The molecular weight excluding hydrogens is 288 g/mol. The molecule has 2 rings (SSSR count). The number of benzene rings is 1. The van der Waals surface area contributed by atoms with Gasteiger partial charge in [0, 0.05) is 30.9 Å². The zero-order chi connectivity index (χ0) is 16.3. The summed E-state index contributed by atoms with van der Waals surface area (Å²) in [4.78, 5) is 24.7. The summed E-state index contributed by atoms with van der Waals surface area (Å²) in [6.45, 7) is 7.65. The average Bonchev–Trinajstić information content (AvgIpc) is 2.46. The second-order valence-electron chi connectivity index (χ2n) is 6.10. The Morgan fingerprint density at radius 1 is 1.27 bits per heavy atom. The van der Waals surface area contributed by atoms with Crippen LogP contribution in [0.4, 0.5) is 11.4 Å². The van der Waals surface area contributed by atoms with Gasteiger partial charge in [-0.15, -0.1) is 0 Å². The molecule has 1 aliphatic rings. The van der Waals surface area contributed by atoms with Crippen molar-refractivity contribution in [2.75, 3.05) is 31.2 Å². The van der Waals surface area contributed by atoms with Crippen LogP contribution in [-0.4, -0.2) is 42.8 Å². The number of carbonyl (C=O) groups is 1. The fourth-order valence-corrected chi connectivity index (χ4v) is 2.16. The Balaban J connectivity index is 2.34. The summed E-state index contributed by atoms with van der Waals surface area (Å²) in [6, 6.07) is 4.35. The number of hydrogen-bond donors (Lipinski definition) is 0. The molecule has 0 aromatic heterocycles. The molecule has 0 unspecified atom stereocenters. The van der Waals surface area contributed by atoms with Gasteiger partial charge in [0.1, 0.15) is 5.60 Å². The van der Waals surface area contributed by atoms with E-state index in [1.165, 1.54) is 12.1 Å². The third-order valence-corrected chi connectivity index (χ3v) is 3.12. The van der Waals surface area contributed by atoms with Crippen LogP contribution >= 0.6 is 0 Å². The van der Waals surface area contributed by atoms with E-state index in [-0.39, 0.29) is 11.3 Å². The number of nitro benzene ring substituents is 1. The molecule has 0 bridgehead atoms. The minimum Gasteiger partial charge on any atom is -0.456 e. The quantitative estimate of drug-likeness (QED) is 0.484. The monoisotopic (exact) mass is 308 g/mol. The van der Waals surface area contributed by atoms with Crippen LogP contribution in [0.15, 0.2) is 18.2 Å². The first-order chi connectivity index (χ1) is 10.3. The molecule has 0 amide bonds. The largest absolute Gasteiger partial charge is 0.456 e. The molecule has 7 nitrogen and oxygen atoms in total. The van der Waals surface area contributed by atoms with Crippen molar-refractivity contribution in [3.05, 3.63) is 33.9 Å². The fraction of sp³-hybridized carbons (Fsp3) is 0.533. The summed E-state index contributed by atoms with van der Waals surface area (Å²) in [6.07, 6.45) is 0. The van der Waals surface area contributed by atoms with Crippen LogP contribution in [0.1, 0.15) is 31.1 Å². The van der Waals surface area contributed by atoms with E-state index in [1.54, 1.807) is 26.8 Å². The van der Waals surface area contributed by atoms with Crippen molar-refractivity contribution < 1.29 is 19.2 Å². The van der Waals surface area contributed by atoms with Gasteiger partial charge in [0.25, 0.3) is 5.69 Å². The van der Waals surface area contributed by atoms with Crippen LogP contribution in [0.5, 0.6) is 0 Å². The Bertz CT molecular complexity index is 574. The zero-order valence-corrected chi connectivity index (χ0v) is 13.0. The number of rotatable bonds is 3. The minimum absolute atomic E-state index is 0.121. The molecule has 0 spiro atoms. The first kappa shape index (κ1) is 16.2. The second kappa shape index (κ2) is 6.31. The topological polar surface area (TPSA) is 81.9 Å². The van der Waals surface area contributed by atoms with Gasteiger partial charge in [-0.1, -0.05) is 0 Å². The van der Waals surface area contributed by atoms with Crippen molar-refractivity contribution in [2.45, 2.75) is 26.4 Å². The highest BCUT2D eigenvalue weighted by molar-refractivity contribution is 5.92. The van der Waals surface area contributed by atoms with Crippen LogP contribution in [0.3, 0.4) is 0 Å². The van der Waals surface area contributed by atoms with Crippen LogP contribution in [-0.2, 0) is 9.47 Å². The van der Waals surface area contributed by atoms with E-state index in [0.717, 1.165) is 0 Å². The van der Waals surface area contributed by atoms with E-state index in [2.05, 4.69) is 0 Å². The molecule has 0 saturated carbocycles. The van der Waals surface area contributed by atoms with Crippen molar-refractivity contribution in [1.29, 1.82) is 0 Å². The van der Waals surface area contributed by atoms with Crippen molar-refractivity contribution in [1.82, 2.24) is 0 Å². The lowest BCUT2D eigenvalue weighted by Gasteiger charge is -2.29. The van der Waals surface area contributed by atoms with Gasteiger partial charge in [-0.2, -0.15) is 0 Å². The molecule has 22 heavy (non-hydrogen) atoms. The van der Waals surface area contributed by atoms with Gasteiger partial charge in [-0.25, -0.2) is 4.79 Å². The van der Waals surface area contributed by atoms with E-state index in [9.17, 15) is 14.9 Å². The predicted octanol–water partition coefficient (Wildman–Crippen LogP) is 2.39. The molecule has 1 fully saturated rings. The maximum Gasteiger partial charge on any atom is 0.338 e. The molecule has 0 radical (unpaired) electrons. The highest BCUT2D eigenvalue weighted by Crippen LogP contribution is 2.26. The van der Waals surface area contributed by atoms with Crippen molar-refractivity contribution >= 4 is 17.3 Å². The number of carbonyl (C=O) groups excluding carboxylic acids is 1. The van der Waals surface area contributed by atoms with Crippen LogP contribution in [0.25, 0.3) is 0 Å². The lowest BCUT2D eigenvalue weighted by atomic mass is 10.1. The Kier molecular flexibility index (Phi) is 4.65. The molecule has 1 saturated heterocycles. The van der Waals surface area contributed by atoms with Gasteiger partial charge in [0.15, 0.2) is 0 Å². The first-order valence-corrected chi connectivity index (χ1v) is 7.12. The third kappa shape index (κ3) is 4.17. The molecule has 1 aromatic rings. The summed E-state index contributed by atoms with van der Waals surface area (Å²) in [5, 5.41) is 11.1. The van der Waals surface area contributed by atoms with E-state index >= 15 is 0 Å². The first-order valence-electron chi connectivity index (χ1n) is 7.12. The smallest absolute Gasteiger partial charge is 0.338 e. The van der Waals surface area contributed by atoms with Gasteiger partial charge in [0.2, 0.25) is 0 Å². The Morgan fingerprint density at radius 2 is 1.91 bits per heavy atom. The van der Waals surface area contributed by atoms with Crippen LogP contribution < -0.4 is 4.90 Å². The van der Waals surface area contributed by atoms with Gasteiger partial charge in [-0.05, 0) is 26.8 Å². The number of esters is 1. The number of hydrogen-bond acceptors (Lipinski definition) is 6. The second-order valence-corrected chi connectivity index (χ2v) is 6.10. The maximum absolute atomic E-state index is 12.2. The number of anilines is 1. The van der Waals surface area contributed by atoms with E-state index < -0.39 is 16.5 Å². The normalized spacial score (nSPS) is 15.5. The number of nitrogens with zero attached hydrogens (tertiary/aromatic N) is 2. The Labute approximate surface area is 129 Å². The van der Waals surface area contributed by atoms with E-state index in [0.29, 0.717) is 32.0 Å². The number of nitro groups is 1. The maximum atomic E-state index is 12.2. The number of morpholine rings is 1. The van der Waals surface area contributed by atoms with Crippen molar-refractivity contribution in [3.63, 3.8) is 0 Å². The summed E-state index contributed by atoms with van der Waals surface area (Å²) >= 11 is 0. The molecule has 120 valence electrons. The highest BCUT2D eigenvalue weighted by atomic mass is 16.6. The van der Waals surface area contributed by atoms with E-state index in [4.69, 9.17) is 9.47 Å². The van der Waals surface area contributed by atoms with Crippen LogP contribution in [0.2, 0.25) is 0 Å². The van der Waals surface area contributed by atoms with Gasteiger partial charge in [-0.3, -0.25) is 10.1 Å². The van der Waals surface area contributed by atoms with Crippen molar-refractivity contribution in [3.8, 4) is 0 Å². The molecule has 0 aliphatic carbocycles. The molecule has 1 heterocycles. The summed E-state index contributed by atoms with van der Waals surface area (Å²) in [5.41, 5.74) is 0.0507. The fourth-order valence-electron chi connectivity index (χ4n) is 2.16.